The molecule has 0 fully saturated rings. The summed E-state index contributed by atoms with van der Waals surface area (Å²) in [6.45, 7) is -0.300. The molecule has 0 saturated heterocycles. The Hall–Kier alpha value is -0.680. The first-order chi connectivity index (χ1) is 7.75. The number of hydrogen-bond donors (Lipinski definition) is 3. The Labute approximate surface area is 126 Å². The standard InChI is InChI=1S/C4H6O4.C3H5O5S.Na/c5-3(6)1-2-4(7)8;4-3(5)1-2-8-9(6)7;/h1-2H2,(H,5,6)(H,7,8);1-2H2,(H,4,5);/q;-1;+1. The first kappa shape index (κ1) is 22.5. The molecule has 0 saturated carbocycles. The fraction of sp³-hybridized carbons (Fsp3) is 0.571. The van der Waals surface area contributed by atoms with Gasteiger partial charge in [-0.05, 0) is 0 Å². The van der Waals surface area contributed by atoms with Crippen molar-refractivity contribution in [3.05, 3.63) is 0 Å². The van der Waals surface area contributed by atoms with Crippen LogP contribution in [0.4, 0.5) is 0 Å². The first-order valence-electron chi connectivity index (χ1n) is 4.13. The number of rotatable bonds is 7. The molecule has 0 spiro atoms. The maximum atomic E-state index is 9.70. The third-order valence-electron chi connectivity index (χ3n) is 1.05. The molecule has 0 aromatic carbocycles. The summed E-state index contributed by atoms with van der Waals surface area (Å²) in [5, 5.41) is 23.7. The third kappa shape index (κ3) is 29.5. The Morgan fingerprint density at radius 2 is 1.17 bits per heavy atom. The largest absolute Gasteiger partial charge is 1.00 e. The van der Waals surface area contributed by atoms with Gasteiger partial charge in [0, 0.05) is 6.61 Å². The number of aliphatic carboxylic acids is 3. The van der Waals surface area contributed by atoms with Gasteiger partial charge in [0.05, 0.1) is 30.2 Å². The van der Waals surface area contributed by atoms with Crippen LogP contribution in [0.15, 0.2) is 0 Å². The minimum atomic E-state index is -2.60. The zero-order valence-corrected chi connectivity index (χ0v) is 12.3. The van der Waals surface area contributed by atoms with Gasteiger partial charge in [-0.25, -0.2) is 0 Å². The van der Waals surface area contributed by atoms with Crippen LogP contribution in [-0.2, 0) is 38.0 Å². The molecule has 0 atom stereocenters. The van der Waals surface area contributed by atoms with Gasteiger partial charge < -0.3 is 27.9 Å². The van der Waals surface area contributed by atoms with Gasteiger partial charge in [-0.15, -0.1) is 0 Å². The van der Waals surface area contributed by atoms with E-state index in [4.69, 9.17) is 15.3 Å². The Bertz CT molecular complexity index is 316. The van der Waals surface area contributed by atoms with E-state index in [0.29, 0.717) is 0 Å². The molecule has 0 rings (SSSR count). The molecule has 0 amide bonds. The third-order valence-corrected chi connectivity index (χ3v) is 1.41. The number of hydrogen-bond acceptors (Lipinski definition) is 7. The van der Waals surface area contributed by atoms with Crippen molar-refractivity contribution in [3.63, 3.8) is 0 Å². The van der Waals surface area contributed by atoms with E-state index in [1.807, 2.05) is 0 Å². The number of carboxylic acids is 3. The van der Waals surface area contributed by atoms with Crippen LogP contribution in [0.25, 0.3) is 0 Å². The molecule has 0 radical (unpaired) electrons. The molecule has 18 heavy (non-hydrogen) atoms. The second kappa shape index (κ2) is 14.4. The summed E-state index contributed by atoms with van der Waals surface area (Å²) in [6.07, 6.45) is -0.890. The normalized spacial score (nSPS) is 8.72. The molecule has 0 heterocycles. The van der Waals surface area contributed by atoms with Crippen LogP contribution in [0.2, 0.25) is 0 Å². The molecule has 0 unspecified atom stereocenters. The van der Waals surface area contributed by atoms with Gasteiger partial charge in [-0.1, -0.05) is 0 Å². The Balaban J connectivity index is -0.000000238. The molecule has 0 aromatic rings. The fourth-order valence-corrected chi connectivity index (χ4v) is 0.630. The Morgan fingerprint density at radius 1 is 0.833 bits per heavy atom. The van der Waals surface area contributed by atoms with E-state index in [1.165, 1.54) is 0 Å². The van der Waals surface area contributed by atoms with Crippen molar-refractivity contribution in [1.82, 2.24) is 0 Å². The summed E-state index contributed by atoms with van der Waals surface area (Å²) in [5.41, 5.74) is 0. The van der Waals surface area contributed by atoms with Crippen LogP contribution in [-0.4, -0.2) is 39.8 Å². The van der Waals surface area contributed by atoms with E-state index >= 15 is 0 Å². The fourth-order valence-electron chi connectivity index (χ4n) is 0.411. The average molecular weight is 294 g/mol. The van der Waals surface area contributed by atoms with Crippen molar-refractivity contribution >= 4 is 28.9 Å². The second-order valence-electron chi connectivity index (χ2n) is 2.46. The minimum absolute atomic E-state index is 0. The summed E-state index contributed by atoms with van der Waals surface area (Å²) < 4.78 is 23.0. The Morgan fingerprint density at radius 3 is 1.39 bits per heavy atom. The smallest absolute Gasteiger partial charge is 0.481 e. The van der Waals surface area contributed by atoms with E-state index in [2.05, 4.69) is 4.18 Å². The van der Waals surface area contributed by atoms with Gasteiger partial charge in [-0.2, -0.15) is 0 Å². The van der Waals surface area contributed by atoms with Gasteiger partial charge in [0.1, 0.15) is 0 Å². The topological polar surface area (TPSA) is 155 Å². The Kier molecular flexibility index (Phi) is 18.0. The molecule has 9 nitrogen and oxygen atoms in total. The van der Waals surface area contributed by atoms with E-state index in [-0.39, 0.29) is 55.4 Å². The van der Waals surface area contributed by atoms with Crippen LogP contribution in [0, 0.1) is 0 Å². The van der Waals surface area contributed by atoms with Crippen LogP contribution >= 0.6 is 0 Å². The monoisotopic (exact) mass is 294 g/mol. The van der Waals surface area contributed by atoms with Gasteiger partial charge >= 0.3 is 47.5 Å². The van der Waals surface area contributed by atoms with Crippen molar-refractivity contribution in [2.24, 2.45) is 0 Å². The predicted molar refractivity (Wildman–Crippen MR) is 51.4 cm³/mol. The van der Waals surface area contributed by atoms with Crippen LogP contribution < -0.4 is 29.6 Å². The van der Waals surface area contributed by atoms with Crippen LogP contribution in [0.3, 0.4) is 0 Å². The van der Waals surface area contributed by atoms with Crippen molar-refractivity contribution < 1.29 is 71.9 Å². The molecule has 11 heteroatoms. The summed E-state index contributed by atoms with van der Waals surface area (Å²) in [5.74, 6) is -3.24. The number of carbonyl (C=O) groups is 3. The van der Waals surface area contributed by atoms with E-state index in [9.17, 15) is 22.8 Å². The van der Waals surface area contributed by atoms with Crippen molar-refractivity contribution in [2.75, 3.05) is 6.61 Å². The maximum absolute atomic E-state index is 9.70. The maximum Gasteiger partial charge on any atom is 1.00 e. The molecule has 100 valence electrons. The van der Waals surface area contributed by atoms with E-state index in [1.54, 1.807) is 0 Å². The van der Waals surface area contributed by atoms with Crippen LogP contribution in [0.1, 0.15) is 19.3 Å². The van der Waals surface area contributed by atoms with Gasteiger partial charge in [0.25, 0.3) is 0 Å². The summed E-state index contributed by atoms with van der Waals surface area (Å²) in [6, 6.07) is 0. The summed E-state index contributed by atoms with van der Waals surface area (Å²) in [7, 11) is -2.60. The first-order valence-corrected chi connectivity index (χ1v) is 5.13. The van der Waals surface area contributed by atoms with Crippen molar-refractivity contribution in [1.29, 1.82) is 0 Å². The molecule has 0 aliphatic heterocycles. The predicted octanol–water partition coefficient (Wildman–Crippen LogP) is -3.36. The van der Waals surface area contributed by atoms with Gasteiger partial charge in [0.2, 0.25) is 0 Å². The average Bonchev–Trinajstić information content (AvgIpc) is 2.14. The van der Waals surface area contributed by atoms with E-state index in [0.717, 1.165) is 0 Å². The van der Waals surface area contributed by atoms with Gasteiger partial charge in [-0.3, -0.25) is 14.4 Å². The summed E-state index contributed by atoms with van der Waals surface area (Å²) >= 11 is 0. The van der Waals surface area contributed by atoms with Crippen molar-refractivity contribution in [3.8, 4) is 0 Å². The molecule has 0 aliphatic carbocycles. The molecular weight excluding hydrogens is 283 g/mol. The van der Waals surface area contributed by atoms with Crippen molar-refractivity contribution in [2.45, 2.75) is 19.3 Å². The SMILES string of the molecule is O=C(O)CCC(=O)O.O=C(O)CCO[S-](=O)=O.[Na+]. The minimum Gasteiger partial charge on any atom is -0.481 e. The second-order valence-corrected chi connectivity index (χ2v) is 3.10. The van der Waals surface area contributed by atoms with Gasteiger partial charge in [0.15, 0.2) is 0 Å². The van der Waals surface area contributed by atoms with E-state index < -0.39 is 28.9 Å². The molecule has 0 aromatic heterocycles. The quantitative estimate of drug-likeness (QED) is 0.322. The molecule has 3 N–H and O–H groups in total. The molecule has 0 bridgehead atoms. The molecule has 0 aliphatic rings. The number of carboxylic acid groups (broad SMARTS) is 3. The molecular formula is C7H11NaO9S. The zero-order chi connectivity index (χ0) is 13.8. The summed E-state index contributed by atoms with van der Waals surface area (Å²) in [4.78, 5) is 29.0. The zero-order valence-electron chi connectivity index (χ0n) is 9.53. The van der Waals surface area contributed by atoms with Crippen LogP contribution in [0.5, 0.6) is 0 Å².